The number of carbonyl (C=O) groups excluding carboxylic acids is 2. The predicted octanol–water partition coefficient (Wildman–Crippen LogP) is 16.7. The summed E-state index contributed by atoms with van der Waals surface area (Å²) < 4.78 is 78.0. The summed E-state index contributed by atoms with van der Waals surface area (Å²) in [5.74, 6) is -0.145. The van der Waals surface area contributed by atoms with Gasteiger partial charge in [0.15, 0.2) is 12.0 Å². The van der Waals surface area contributed by atoms with Crippen molar-refractivity contribution in [1.82, 2.24) is 9.55 Å². The first-order valence-corrected chi connectivity index (χ1v) is 34.6. The SMILES string of the molecule is CCCCCCCCCCCCCCCCCC(=O)Oc1ccc(COP(=O)(OCc2ccc(C(=O)CCCCCCCCCCCCCCCCC)cc2)OP(=O)(O)OP(=O)(O)OCC2C=CC(n3cc(C)c(=O)[nH]c3=O)O2)cc1. The number of aromatic amines is 1. The fraction of sp³-hybridized carbons (Fsp3) is 0.667. The van der Waals surface area contributed by atoms with Gasteiger partial charge in [-0.1, -0.05) is 236 Å². The Hall–Kier alpha value is -3.63. The van der Waals surface area contributed by atoms with E-state index in [-0.39, 0.29) is 29.5 Å². The number of hydrogen-bond donors (Lipinski definition) is 3. The minimum atomic E-state index is -5.81. The van der Waals surface area contributed by atoms with Crippen molar-refractivity contribution >= 4 is 35.2 Å². The van der Waals surface area contributed by atoms with E-state index in [0.717, 1.165) is 49.5 Å². The molecule has 3 aromatic rings. The van der Waals surface area contributed by atoms with Gasteiger partial charge < -0.3 is 19.3 Å². The van der Waals surface area contributed by atoms with Gasteiger partial charge in [0, 0.05) is 30.2 Å². The lowest BCUT2D eigenvalue weighted by Crippen LogP contribution is -2.33. The molecule has 3 N–H and O–H groups in total. The number of nitrogens with one attached hydrogen (secondary N) is 1. The molecular formula is C60H95N2O16P3. The van der Waals surface area contributed by atoms with Crippen LogP contribution < -0.4 is 16.0 Å². The molecule has 2 aromatic carbocycles. The smallest absolute Gasteiger partial charge is 0.427 e. The van der Waals surface area contributed by atoms with Crippen LogP contribution in [-0.2, 0) is 58.6 Å². The minimum Gasteiger partial charge on any atom is -0.427 e. The molecule has 0 bridgehead atoms. The number of aromatic nitrogens is 2. The van der Waals surface area contributed by atoms with Crippen molar-refractivity contribution in [2.75, 3.05) is 6.61 Å². The van der Waals surface area contributed by atoms with Crippen LogP contribution in [0.3, 0.4) is 0 Å². The number of phosphoric ester groups is 2. The monoisotopic (exact) mass is 1190 g/mol. The maximum absolute atomic E-state index is 14.2. The summed E-state index contributed by atoms with van der Waals surface area (Å²) in [6.45, 7) is 4.21. The fourth-order valence-electron chi connectivity index (χ4n) is 9.44. The van der Waals surface area contributed by atoms with E-state index in [1.54, 1.807) is 24.3 Å². The van der Waals surface area contributed by atoms with Gasteiger partial charge in [0.2, 0.25) is 0 Å². The summed E-state index contributed by atoms with van der Waals surface area (Å²) in [6.07, 6.45) is 39.3. The van der Waals surface area contributed by atoms with E-state index in [9.17, 15) is 42.7 Å². The van der Waals surface area contributed by atoms with Gasteiger partial charge in [-0.05, 0) is 49.1 Å². The van der Waals surface area contributed by atoms with Gasteiger partial charge in [-0.3, -0.25) is 37.5 Å². The molecule has 0 saturated carbocycles. The molecule has 1 aliphatic rings. The van der Waals surface area contributed by atoms with Crippen LogP contribution in [-0.4, -0.2) is 43.8 Å². The average molecular weight is 1190 g/mol. The first-order chi connectivity index (χ1) is 39.0. The van der Waals surface area contributed by atoms with Crippen LogP contribution in [0, 0.1) is 6.92 Å². The molecule has 2 heterocycles. The number of ether oxygens (including phenoxy) is 2. The zero-order valence-electron chi connectivity index (χ0n) is 48.7. The number of unbranched alkanes of at least 4 members (excludes halogenated alkanes) is 28. The van der Waals surface area contributed by atoms with Gasteiger partial charge in [-0.2, -0.15) is 8.62 Å². The van der Waals surface area contributed by atoms with Gasteiger partial charge in [-0.25, -0.2) is 18.5 Å². The van der Waals surface area contributed by atoms with E-state index >= 15 is 0 Å². The second-order valence-corrected chi connectivity index (χ2v) is 26.3. The number of nitrogens with zero attached hydrogens (tertiary/aromatic N) is 1. The number of ketones is 1. The molecule has 5 unspecified atom stereocenters. The Morgan fingerprint density at radius 3 is 1.46 bits per heavy atom. The summed E-state index contributed by atoms with van der Waals surface area (Å²) in [5, 5.41) is 0. The number of esters is 1. The topological polar surface area (TPSA) is 245 Å². The van der Waals surface area contributed by atoms with Crippen molar-refractivity contribution in [3.8, 4) is 5.75 Å². The van der Waals surface area contributed by atoms with Crippen LogP contribution in [0.5, 0.6) is 5.75 Å². The highest BCUT2D eigenvalue weighted by Crippen LogP contribution is 2.69. The van der Waals surface area contributed by atoms with Crippen LogP contribution in [0.15, 0.2) is 76.5 Å². The maximum atomic E-state index is 14.2. The molecule has 0 spiro atoms. The van der Waals surface area contributed by atoms with Gasteiger partial charge >= 0.3 is 35.1 Å². The van der Waals surface area contributed by atoms with Gasteiger partial charge in [0.25, 0.3) is 5.56 Å². The first kappa shape index (κ1) is 69.9. The van der Waals surface area contributed by atoms with E-state index in [4.69, 9.17) is 27.4 Å². The van der Waals surface area contributed by atoms with Gasteiger partial charge in [-0.15, -0.1) is 0 Å². The molecule has 0 amide bonds. The Bertz CT molecular complexity index is 2550. The van der Waals surface area contributed by atoms with E-state index < -0.39 is 66.9 Å². The third-order valence-corrected chi connectivity index (χ3v) is 18.9. The third kappa shape index (κ3) is 30.7. The Morgan fingerprint density at radius 1 is 0.556 bits per heavy atom. The average Bonchev–Trinajstić information content (AvgIpc) is 3.91. The molecule has 1 aliphatic heterocycles. The minimum absolute atomic E-state index is 0.0285. The Labute approximate surface area is 481 Å². The number of aryl methyl sites for hydroxylation is 1. The predicted molar refractivity (Wildman–Crippen MR) is 316 cm³/mol. The van der Waals surface area contributed by atoms with Crippen molar-refractivity contribution in [1.29, 1.82) is 0 Å². The van der Waals surface area contributed by atoms with Gasteiger partial charge in [0.05, 0.1) is 19.8 Å². The number of hydrogen-bond acceptors (Lipinski definition) is 14. The standard InChI is InChI=1S/C60H95N2O16P3/c1-4-6-8-10-12-14-16-18-20-22-24-26-28-30-32-34-56(63)53-40-36-51(37-41-53)47-73-81(71,78-80(69,70)77-79(67,68)72-49-55-44-45-57(75-55)62-46-50(3)59(65)61-60(62)66)74-48-52-38-42-54(43-39-52)76-58(64)35-33-31-29-27-25-23-21-19-17-15-13-11-9-7-5-2/h36-46,55,57H,4-35,47-49H2,1-3H3,(H,67,68)(H,69,70)(H,61,65,66). The molecule has 4 rings (SSSR count). The van der Waals surface area contributed by atoms with E-state index in [0.29, 0.717) is 29.5 Å². The zero-order chi connectivity index (χ0) is 58.6. The Balaban J connectivity index is 1.24. The van der Waals surface area contributed by atoms with Crippen LogP contribution in [0.1, 0.15) is 253 Å². The molecule has 0 radical (unpaired) electrons. The van der Waals surface area contributed by atoms with Crippen LogP contribution in [0.4, 0.5) is 0 Å². The van der Waals surface area contributed by atoms with Crippen molar-refractivity contribution in [2.45, 2.75) is 252 Å². The van der Waals surface area contributed by atoms with E-state index in [1.807, 2.05) is 0 Å². The van der Waals surface area contributed by atoms with Crippen molar-refractivity contribution in [3.05, 3.63) is 110 Å². The highest BCUT2D eigenvalue weighted by Gasteiger charge is 2.44. The molecule has 5 atom stereocenters. The fourth-order valence-corrected chi connectivity index (χ4v) is 13.5. The highest BCUT2D eigenvalue weighted by molar-refractivity contribution is 7.67. The molecule has 0 aliphatic carbocycles. The second-order valence-electron chi connectivity index (χ2n) is 21.5. The first-order valence-electron chi connectivity index (χ1n) is 30.2. The van der Waals surface area contributed by atoms with E-state index in [2.05, 4.69) is 23.1 Å². The molecule has 18 nitrogen and oxygen atoms in total. The Kier molecular flexibility index (Phi) is 34.3. The lowest BCUT2D eigenvalue weighted by atomic mass is 10.0. The molecule has 456 valence electrons. The van der Waals surface area contributed by atoms with E-state index in [1.165, 1.54) is 191 Å². The van der Waals surface area contributed by atoms with Crippen LogP contribution >= 0.6 is 23.5 Å². The van der Waals surface area contributed by atoms with Gasteiger partial charge in [0.1, 0.15) is 11.9 Å². The molecule has 21 heteroatoms. The summed E-state index contributed by atoms with van der Waals surface area (Å²) in [7, 11) is -16.5. The molecule has 1 aromatic heterocycles. The number of carbonyl (C=O) groups is 2. The van der Waals surface area contributed by atoms with Crippen LogP contribution in [0.25, 0.3) is 0 Å². The molecule has 81 heavy (non-hydrogen) atoms. The molecular weight excluding hydrogens is 1100 g/mol. The summed E-state index contributed by atoms with van der Waals surface area (Å²) in [6, 6.07) is 12.4. The number of rotatable bonds is 48. The van der Waals surface area contributed by atoms with Crippen molar-refractivity contribution < 1.29 is 64.7 Å². The lowest BCUT2D eigenvalue weighted by Gasteiger charge is -2.22. The van der Waals surface area contributed by atoms with Crippen molar-refractivity contribution in [3.63, 3.8) is 0 Å². The number of phosphoric acid groups is 3. The molecule has 0 saturated heterocycles. The summed E-state index contributed by atoms with van der Waals surface area (Å²) in [5.41, 5.74) is 0.0903. The maximum Gasteiger partial charge on any atom is 0.490 e. The highest BCUT2D eigenvalue weighted by atomic mass is 31.3. The lowest BCUT2D eigenvalue weighted by molar-refractivity contribution is -0.134. The van der Waals surface area contributed by atoms with Crippen molar-refractivity contribution in [2.24, 2.45) is 0 Å². The number of H-pyrrole nitrogens is 1. The quantitative estimate of drug-likeness (QED) is 0.0119. The zero-order valence-corrected chi connectivity index (χ0v) is 51.3. The molecule has 0 fully saturated rings. The third-order valence-electron chi connectivity index (χ3n) is 14.2. The number of Topliss-reactive ketones (excluding diaryl/α,β-unsaturated/α-hetero) is 1. The normalized spacial score (nSPS) is 16.5. The summed E-state index contributed by atoms with van der Waals surface area (Å²) in [4.78, 5) is 73.2. The largest absolute Gasteiger partial charge is 0.490 e. The summed E-state index contributed by atoms with van der Waals surface area (Å²) >= 11 is 0. The second kappa shape index (κ2) is 39.8. The van der Waals surface area contributed by atoms with Crippen LogP contribution in [0.2, 0.25) is 0 Å². The Morgan fingerprint density at radius 2 is 0.988 bits per heavy atom. The number of benzene rings is 2.